The van der Waals surface area contributed by atoms with E-state index in [1.807, 2.05) is 0 Å². The minimum absolute atomic E-state index is 0.0310. The lowest BCUT2D eigenvalue weighted by Crippen LogP contribution is -2.22. The summed E-state index contributed by atoms with van der Waals surface area (Å²) in [4.78, 5) is 22.4. The molecule has 0 atom stereocenters. The Balaban J connectivity index is 1.63. The summed E-state index contributed by atoms with van der Waals surface area (Å²) in [7, 11) is -0.776. The van der Waals surface area contributed by atoms with Crippen LogP contribution in [-0.4, -0.2) is 47.9 Å². The predicted molar refractivity (Wildman–Crippen MR) is 103 cm³/mol. The Morgan fingerprint density at radius 3 is 2.30 bits per heavy atom. The van der Waals surface area contributed by atoms with Crippen molar-refractivity contribution in [2.45, 2.75) is 11.5 Å². The van der Waals surface area contributed by atoms with Crippen molar-refractivity contribution in [1.29, 1.82) is 0 Å². The van der Waals surface area contributed by atoms with Crippen LogP contribution in [0.25, 0.3) is 11.5 Å². The van der Waals surface area contributed by atoms with Crippen LogP contribution >= 0.6 is 0 Å². The summed E-state index contributed by atoms with van der Waals surface area (Å²) in [5, 5.41) is 18.3. The van der Waals surface area contributed by atoms with Crippen LogP contribution < -0.4 is 0 Å². The highest BCUT2D eigenvalue weighted by atomic mass is 32.2. The lowest BCUT2D eigenvalue weighted by atomic mass is 10.2. The maximum atomic E-state index is 12.2. The van der Waals surface area contributed by atoms with Gasteiger partial charge in [-0.2, -0.15) is 0 Å². The number of nitrogens with zero attached hydrogens (tertiary/aromatic N) is 4. The fourth-order valence-electron chi connectivity index (χ4n) is 2.34. The normalized spacial score (nSPS) is 11.4. The first-order chi connectivity index (χ1) is 14.2. The average Bonchev–Trinajstić information content (AvgIpc) is 3.21. The van der Waals surface area contributed by atoms with E-state index in [-0.39, 0.29) is 34.5 Å². The molecule has 0 N–H and O–H groups in total. The molecule has 0 bridgehead atoms. The zero-order valence-electron chi connectivity index (χ0n) is 15.9. The Labute approximate surface area is 171 Å². The van der Waals surface area contributed by atoms with Gasteiger partial charge >= 0.3 is 5.97 Å². The van der Waals surface area contributed by atoms with E-state index in [9.17, 15) is 23.3 Å². The van der Waals surface area contributed by atoms with Crippen LogP contribution in [0.5, 0.6) is 0 Å². The summed E-state index contributed by atoms with van der Waals surface area (Å²) >= 11 is 0. The summed E-state index contributed by atoms with van der Waals surface area (Å²) in [5.74, 6) is -0.545. The second kappa shape index (κ2) is 8.39. The van der Waals surface area contributed by atoms with Crippen LogP contribution in [0, 0.1) is 10.1 Å². The van der Waals surface area contributed by atoms with Crippen molar-refractivity contribution in [2.24, 2.45) is 0 Å². The summed E-state index contributed by atoms with van der Waals surface area (Å²) in [6.45, 7) is -0.295. The van der Waals surface area contributed by atoms with Crippen molar-refractivity contribution in [3.63, 3.8) is 0 Å². The number of non-ortho nitro benzene ring substituents is 1. The molecule has 1 heterocycles. The highest BCUT2D eigenvalue weighted by molar-refractivity contribution is 7.89. The van der Waals surface area contributed by atoms with Crippen molar-refractivity contribution in [3.05, 3.63) is 70.1 Å². The molecule has 0 radical (unpaired) electrons. The van der Waals surface area contributed by atoms with Crippen molar-refractivity contribution < 1.29 is 27.3 Å². The molecule has 12 heteroatoms. The highest BCUT2D eigenvalue weighted by Crippen LogP contribution is 2.21. The van der Waals surface area contributed by atoms with E-state index in [4.69, 9.17) is 9.15 Å². The zero-order valence-corrected chi connectivity index (χ0v) is 16.7. The molecule has 1 aromatic heterocycles. The molecule has 0 spiro atoms. The third kappa shape index (κ3) is 4.50. The van der Waals surface area contributed by atoms with Crippen LogP contribution in [0.2, 0.25) is 0 Å². The number of aromatic nitrogens is 2. The van der Waals surface area contributed by atoms with Crippen molar-refractivity contribution in [1.82, 2.24) is 14.5 Å². The molecule has 0 aliphatic heterocycles. The summed E-state index contributed by atoms with van der Waals surface area (Å²) in [6.07, 6.45) is 0. The van der Waals surface area contributed by atoms with Crippen molar-refractivity contribution >= 4 is 21.7 Å². The largest absolute Gasteiger partial charge is 0.452 e. The maximum absolute atomic E-state index is 12.2. The highest BCUT2D eigenvalue weighted by Gasteiger charge is 2.18. The van der Waals surface area contributed by atoms with Gasteiger partial charge in [0.2, 0.25) is 15.9 Å². The fraction of sp³-hybridized carbons (Fsp3) is 0.167. The van der Waals surface area contributed by atoms with Crippen LogP contribution in [0.3, 0.4) is 0 Å². The van der Waals surface area contributed by atoms with Crippen LogP contribution in [-0.2, 0) is 21.4 Å². The third-order valence-corrected chi connectivity index (χ3v) is 5.82. The third-order valence-electron chi connectivity index (χ3n) is 3.99. The molecule has 156 valence electrons. The molecule has 3 aromatic rings. The summed E-state index contributed by atoms with van der Waals surface area (Å²) < 4.78 is 35.7. The molecule has 30 heavy (non-hydrogen) atoms. The van der Waals surface area contributed by atoms with Gasteiger partial charge in [0.15, 0.2) is 6.61 Å². The first kappa shape index (κ1) is 21.1. The second-order valence-corrected chi connectivity index (χ2v) is 8.34. The molecule has 11 nitrogen and oxygen atoms in total. The molecule has 0 unspecified atom stereocenters. The Kier molecular flexibility index (Phi) is 5.89. The van der Waals surface area contributed by atoms with Gasteiger partial charge in [-0.25, -0.2) is 17.5 Å². The average molecular weight is 432 g/mol. The number of benzene rings is 2. The fourth-order valence-corrected chi connectivity index (χ4v) is 3.24. The smallest absolute Gasteiger partial charge is 0.338 e. The lowest BCUT2D eigenvalue weighted by molar-refractivity contribution is -0.384. The molecule has 0 saturated heterocycles. The van der Waals surface area contributed by atoms with Gasteiger partial charge in [-0.15, -0.1) is 10.2 Å². The van der Waals surface area contributed by atoms with Gasteiger partial charge in [-0.3, -0.25) is 10.1 Å². The monoisotopic (exact) mass is 432 g/mol. The summed E-state index contributed by atoms with van der Waals surface area (Å²) in [5.41, 5.74) is 0.558. The number of hydrogen-bond acceptors (Lipinski definition) is 9. The van der Waals surface area contributed by atoms with E-state index in [0.717, 1.165) is 4.31 Å². The van der Waals surface area contributed by atoms with E-state index in [2.05, 4.69) is 10.2 Å². The standard InChI is InChI=1S/C18H16N4O7S/c1-21(2)30(26,27)15-9-5-13(6-10-15)18(23)28-11-16-19-20-17(29-16)12-3-7-14(8-4-12)22(24)25/h3-10H,11H2,1-2H3. The first-order valence-electron chi connectivity index (χ1n) is 8.45. The molecule has 0 fully saturated rings. The number of carbonyl (C=O) groups excluding carboxylic acids is 1. The Bertz CT molecular complexity index is 1170. The topological polar surface area (TPSA) is 146 Å². The Morgan fingerprint density at radius 1 is 1.10 bits per heavy atom. The van der Waals surface area contributed by atoms with Crippen molar-refractivity contribution in [2.75, 3.05) is 14.1 Å². The van der Waals surface area contributed by atoms with Crippen LogP contribution in [0.1, 0.15) is 16.2 Å². The van der Waals surface area contributed by atoms with Gasteiger partial charge in [-0.1, -0.05) is 0 Å². The lowest BCUT2D eigenvalue weighted by Gasteiger charge is -2.11. The SMILES string of the molecule is CN(C)S(=O)(=O)c1ccc(C(=O)OCc2nnc(-c3ccc([N+](=O)[O-])cc3)o2)cc1. The number of carbonyl (C=O) groups is 1. The minimum atomic E-state index is -3.60. The Hall–Kier alpha value is -3.64. The number of rotatable bonds is 7. The zero-order chi connectivity index (χ0) is 21.9. The van der Waals surface area contributed by atoms with Crippen molar-refractivity contribution in [3.8, 4) is 11.5 Å². The number of ether oxygens (including phenoxy) is 1. The van der Waals surface area contributed by atoms with Gasteiger partial charge in [0.1, 0.15) is 0 Å². The van der Waals surface area contributed by atoms with E-state index >= 15 is 0 Å². The molecule has 0 aliphatic carbocycles. The van der Waals surface area contributed by atoms with Gasteiger partial charge < -0.3 is 9.15 Å². The van der Waals surface area contributed by atoms with Crippen LogP contribution in [0.4, 0.5) is 5.69 Å². The number of nitro groups is 1. The Morgan fingerprint density at radius 2 is 1.73 bits per heavy atom. The molecule has 2 aromatic carbocycles. The van der Waals surface area contributed by atoms with E-state index < -0.39 is 20.9 Å². The second-order valence-electron chi connectivity index (χ2n) is 6.19. The molecular weight excluding hydrogens is 416 g/mol. The number of sulfonamides is 1. The van der Waals surface area contributed by atoms with Gasteiger partial charge in [0, 0.05) is 31.8 Å². The van der Waals surface area contributed by atoms with E-state index in [1.54, 1.807) is 0 Å². The first-order valence-corrected chi connectivity index (χ1v) is 9.89. The van der Waals surface area contributed by atoms with Crippen LogP contribution in [0.15, 0.2) is 57.8 Å². The molecular formula is C18H16N4O7S. The predicted octanol–water partition coefficient (Wildman–Crippen LogP) is 2.25. The molecule has 0 saturated carbocycles. The van der Waals surface area contributed by atoms with Gasteiger partial charge in [0.25, 0.3) is 11.6 Å². The molecule has 3 rings (SSSR count). The van der Waals surface area contributed by atoms with E-state index in [1.165, 1.54) is 62.6 Å². The number of esters is 1. The van der Waals surface area contributed by atoms with E-state index in [0.29, 0.717) is 5.56 Å². The number of nitro benzene ring substituents is 1. The quantitative estimate of drug-likeness (QED) is 0.311. The minimum Gasteiger partial charge on any atom is -0.452 e. The van der Waals surface area contributed by atoms with Gasteiger partial charge in [0.05, 0.1) is 15.4 Å². The number of hydrogen-bond donors (Lipinski definition) is 0. The summed E-state index contributed by atoms with van der Waals surface area (Å²) in [6, 6.07) is 10.8. The molecule has 0 amide bonds. The maximum Gasteiger partial charge on any atom is 0.338 e. The molecule has 0 aliphatic rings. The van der Waals surface area contributed by atoms with Gasteiger partial charge in [-0.05, 0) is 36.4 Å².